The Kier molecular flexibility index (Phi) is 8.57. The molecule has 1 saturated heterocycles. The van der Waals surface area contributed by atoms with Crippen molar-refractivity contribution >= 4 is 56.1 Å². The van der Waals surface area contributed by atoms with Crippen molar-refractivity contribution in [1.29, 1.82) is 0 Å². The number of carbonyl (C=O) groups is 2. The van der Waals surface area contributed by atoms with Crippen LogP contribution in [0.25, 0.3) is 17.0 Å². The van der Waals surface area contributed by atoms with Gasteiger partial charge in [0.2, 0.25) is 5.91 Å². The first-order valence-corrected chi connectivity index (χ1v) is 15.9. The predicted molar refractivity (Wildman–Crippen MR) is 170 cm³/mol. The standard InChI is InChI=1S/C32H31BrN4O6S/c1-4-43-31(40)28-19(2)34-32-37(29(28)23-16-21(33)9-10-25(23)41-3)30(39)26(44-32)15-20-17-36(24-8-6-5-7-22(20)24)18-27(38)35-11-13-42-14-12-35/h5-10,15-17,29H,4,11-14,18H2,1-3H3/b26-15-/t29-/m1/s1. The molecule has 1 amide bonds. The van der Waals surface area contributed by atoms with Crippen molar-refractivity contribution in [2.75, 3.05) is 40.0 Å². The number of ether oxygens (including phenoxy) is 3. The third-order valence-corrected chi connectivity index (χ3v) is 9.25. The lowest BCUT2D eigenvalue weighted by Gasteiger charge is -2.27. The van der Waals surface area contributed by atoms with Crippen LogP contribution in [0.4, 0.5) is 0 Å². The summed E-state index contributed by atoms with van der Waals surface area (Å²) < 4.78 is 21.2. The summed E-state index contributed by atoms with van der Waals surface area (Å²) in [7, 11) is 1.55. The highest BCUT2D eigenvalue weighted by atomic mass is 79.9. The fraction of sp³-hybridized carbons (Fsp3) is 0.312. The van der Waals surface area contributed by atoms with Gasteiger partial charge in [0.25, 0.3) is 5.56 Å². The average molecular weight is 680 g/mol. The average Bonchev–Trinajstić information content (AvgIpc) is 3.52. The van der Waals surface area contributed by atoms with E-state index >= 15 is 0 Å². The molecule has 44 heavy (non-hydrogen) atoms. The second-order valence-corrected chi connectivity index (χ2v) is 12.3. The number of amides is 1. The second kappa shape index (κ2) is 12.5. The fourth-order valence-corrected chi connectivity index (χ4v) is 7.14. The van der Waals surface area contributed by atoms with Gasteiger partial charge < -0.3 is 23.7 Å². The fourth-order valence-electron chi connectivity index (χ4n) is 5.73. The number of hydrogen-bond donors (Lipinski definition) is 0. The Bertz CT molecular complexity index is 1990. The van der Waals surface area contributed by atoms with Crippen LogP contribution in [0.15, 0.2) is 74.2 Å². The zero-order chi connectivity index (χ0) is 31.0. The Hall–Kier alpha value is -4.00. The first kappa shape index (κ1) is 30.0. The first-order valence-electron chi connectivity index (χ1n) is 14.3. The van der Waals surface area contributed by atoms with E-state index in [2.05, 4.69) is 20.9 Å². The summed E-state index contributed by atoms with van der Waals surface area (Å²) >= 11 is 4.78. The quantitative estimate of drug-likeness (QED) is 0.278. The highest BCUT2D eigenvalue weighted by Gasteiger charge is 2.35. The van der Waals surface area contributed by atoms with Gasteiger partial charge in [-0.1, -0.05) is 45.5 Å². The summed E-state index contributed by atoms with van der Waals surface area (Å²) in [5.41, 5.74) is 2.78. The molecule has 0 N–H and O–H groups in total. The zero-order valence-corrected chi connectivity index (χ0v) is 26.9. The Morgan fingerprint density at radius 3 is 2.70 bits per heavy atom. The van der Waals surface area contributed by atoms with Gasteiger partial charge in [-0.25, -0.2) is 9.79 Å². The van der Waals surface area contributed by atoms with Crippen molar-refractivity contribution in [2.24, 2.45) is 4.99 Å². The summed E-state index contributed by atoms with van der Waals surface area (Å²) in [5.74, 6) is 0.00487. The monoisotopic (exact) mass is 678 g/mol. The van der Waals surface area contributed by atoms with Crippen LogP contribution in [0.1, 0.15) is 31.0 Å². The van der Waals surface area contributed by atoms with Crippen molar-refractivity contribution in [3.05, 3.63) is 95.2 Å². The highest BCUT2D eigenvalue weighted by molar-refractivity contribution is 9.10. The number of fused-ring (bicyclic) bond motifs is 2. The molecule has 12 heteroatoms. The van der Waals surface area contributed by atoms with Crippen molar-refractivity contribution in [3.8, 4) is 5.75 Å². The minimum Gasteiger partial charge on any atom is -0.496 e. The topological polar surface area (TPSA) is 104 Å². The van der Waals surface area contributed by atoms with Gasteiger partial charge in [-0.05, 0) is 44.2 Å². The third-order valence-electron chi connectivity index (χ3n) is 7.78. The molecule has 0 spiro atoms. The maximum absolute atomic E-state index is 14.2. The van der Waals surface area contributed by atoms with Crippen LogP contribution >= 0.6 is 27.3 Å². The third kappa shape index (κ3) is 5.53. The molecule has 4 aromatic rings. The summed E-state index contributed by atoms with van der Waals surface area (Å²) in [4.78, 5) is 47.6. The molecule has 1 atom stereocenters. The smallest absolute Gasteiger partial charge is 0.338 e. The number of para-hydroxylation sites is 1. The Morgan fingerprint density at radius 2 is 1.95 bits per heavy atom. The lowest BCUT2D eigenvalue weighted by molar-refractivity contribution is -0.139. The number of esters is 1. The molecule has 10 nitrogen and oxygen atoms in total. The van der Waals surface area contributed by atoms with Gasteiger partial charge >= 0.3 is 5.97 Å². The van der Waals surface area contributed by atoms with Gasteiger partial charge in [0.05, 0.1) is 42.7 Å². The molecule has 6 rings (SSSR count). The molecule has 0 bridgehead atoms. The molecule has 2 aromatic heterocycles. The largest absolute Gasteiger partial charge is 0.496 e. The molecule has 0 radical (unpaired) electrons. The van der Waals surface area contributed by atoms with Crippen LogP contribution in [0.2, 0.25) is 0 Å². The van der Waals surface area contributed by atoms with Gasteiger partial charge in [0.1, 0.15) is 18.3 Å². The van der Waals surface area contributed by atoms with Crippen LogP contribution < -0.4 is 19.6 Å². The van der Waals surface area contributed by atoms with Crippen molar-refractivity contribution in [3.63, 3.8) is 0 Å². The molecule has 0 unspecified atom stereocenters. The van der Waals surface area contributed by atoms with Gasteiger partial charge in [-0.3, -0.25) is 14.2 Å². The lowest BCUT2D eigenvalue weighted by atomic mass is 9.95. The Labute approximate surface area is 265 Å². The van der Waals surface area contributed by atoms with Crippen LogP contribution in [0, 0.1) is 0 Å². The number of methoxy groups -OCH3 is 1. The molecule has 2 aliphatic heterocycles. The Morgan fingerprint density at radius 1 is 1.18 bits per heavy atom. The number of hydrogen-bond acceptors (Lipinski definition) is 8. The van der Waals surface area contributed by atoms with Crippen LogP contribution in [0.3, 0.4) is 0 Å². The molecular formula is C32H31BrN4O6S. The number of benzene rings is 2. The minimum absolute atomic E-state index is 0.0184. The van der Waals surface area contributed by atoms with E-state index in [1.807, 2.05) is 58.1 Å². The molecule has 2 aromatic carbocycles. The predicted octanol–water partition coefficient (Wildman–Crippen LogP) is 3.38. The van der Waals surface area contributed by atoms with E-state index in [4.69, 9.17) is 14.2 Å². The summed E-state index contributed by atoms with van der Waals surface area (Å²) in [6.07, 6.45) is 3.74. The molecule has 2 aliphatic rings. The van der Waals surface area contributed by atoms with E-state index in [0.717, 1.165) is 20.9 Å². The number of morpholine rings is 1. The minimum atomic E-state index is -0.813. The number of aromatic nitrogens is 2. The van der Waals surface area contributed by atoms with E-state index in [1.165, 1.54) is 11.3 Å². The maximum Gasteiger partial charge on any atom is 0.338 e. The highest BCUT2D eigenvalue weighted by Crippen LogP contribution is 2.37. The van der Waals surface area contributed by atoms with E-state index in [1.54, 1.807) is 31.6 Å². The summed E-state index contributed by atoms with van der Waals surface area (Å²) in [6, 6.07) is 12.5. The van der Waals surface area contributed by atoms with Crippen molar-refractivity contribution in [1.82, 2.24) is 14.0 Å². The van der Waals surface area contributed by atoms with Crippen molar-refractivity contribution < 1.29 is 23.8 Å². The van der Waals surface area contributed by atoms with E-state index in [-0.39, 0.29) is 30.2 Å². The molecule has 4 heterocycles. The number of nitrogens with zero attached hydrogens (tertiary/aromatic N) is 4. The van der Waals surface area contributed by atoms with Crippen LogP contribution in [-0.2, 0) is 25.6 Å². The van der Waals surface area contributed by atoms with E-state index in [9.17, 15) is 14.4 Å². The zero-order valence-electron chi connectivity index (χ0n) is 24.5. The van der Waals surface area contributed by atoms with Gasteiger partial charge in [0.15, 0.2) is 4.80 Å². The van der Waals surface area contributed by atoms with Crippen molar-refractivity contribution in [2.45, 2.75) is 26.4 Å². The van der Waals surface area contributed by atoms with Crippen LogP contribution in [-0.4, -0.2) is 65.9 Å². The number of rotatable bonds is 7. The normalized spacial score (nSPS) is 17.0. The maximum atomic E-state index is 14.2. The van der Waals surface area contributed by atoms with E-state index in [0.29, 0.717) is 52.6 Å². The number of carbonyl (C=O) groups excluding carboxylic acids is 2. The van der Waals surface area contributed by atoms with Gasteiger partial charge in [-0.15, -0.1) is 0 Å². The molecular weight excluding hydrogens is 648 g/mol. The van der Waals surface area contributed by atoms with Crippen LogP contribution in [0.5, 0.6) is 5.75 Å². The van der Waals surface area contributed by atoms with Gasteiger partial charge in [0, 0.05) is 45.8 Å². The first-order chi connectivity index (χ1) is 21.3. The molecule has 0 saturated carbocycles. The molecule has 0 aliphatic carbocycles. The summed E-state index contributed by atoms with van der Waals surface area (Å²) in [6.45, 7) is 6.07. The van der Waals surface area contributed by atoms with E-state index < -0.39 is 12.0 Å². The summed E-state index contributed by atoms with van der Waals surface area (Å²) in [5, 5.41) is 0.918. The number of halogens is 1. The second-order valence-electron chi connectivity index (χ2n) is 10.4. The Balaban J connectivity index is 1.49. The van der Waals surface area contributed by atoms with Gasteiger partial charge in [-0.2, -0.15) is 0 Å². The number of allylic oxidation sites excluding steroid dienone is 1. The molecule has 1 fully saturated rings. The molecule has 228 valence electrons. The SMILES string of the molecule is CCOC(=O)C1=C(C)N=c2s/c(=C\c3cn(CC(=O)N4CCOCC4)c4ccccc34)c(=O)n2[C@@H]1c1cc(Br)ccc1OC. The number of thiazole rings is 1. The lowest BCUT2D eigenvalue weighted by Crippen LogP contribution is -2.42.